The van der Waals surface area contributed by atoms with Crippen LogP contribution >= 0.6 is 0 Å². The average molecular weight is 306 g/mol. The first-order valence-electron chi connectivity index (χ1n) is 8.85. The Hall–Kier alpha value is -1.45. The van der Waals surface area contributed by atoms with Crippen molar-refractivity contribution >= 4 is 11.4 Å². The summed E-state index contributed by atoms with van der Waals surface area (Å²) in [5, 5.41) is 0. The van der Waals surface area contributed by atoms with Gasteiger partial charge in [-0.25, -0.2) is 0 Å². The fraction of sp³-hybridized carbons (Fsp3) is 0.550. The van der Waals surface area contributed by atoms with Gasteiger partial charge in [0.1, 0.15) is 0 Å². The number of ether oxygens (including phenoxy) is 1. The van der Waals surface area contributed by atoms with E-state index in [-0.39, 0.29) is 16.9 Å². The number of hydrogen-bond donors (Lipinski definition) is 0. The largest absolute Gasteiger partial charge is 0.372 e. The van der Waals surface area contributed by atoms with Crippen LogP contribution in [0.1, 0.15) is 18.4 Å². The summed E-state index contributed by atoms with van der Waals surface area (Å²) in [5.74, 6) is 1.35. The first-order chi connectivity index (χ1) is 11.2. The fourth-order valence-corrected chi connectivity index (χ4v) is 6.95. The summed E-state index contributed by atoms with van der Waals surface area (Å²) < 4.78 is 6.32. The van der Waals surface area contributed by atoms with E-state index in [0.29, 0.717) is 17.9 Å². The smallest absolute Gasteiger partial charge is 0.0968 e. The summed E-state index contributed by atoms with van der Waals surface area (Å²) in [5.41, 5.74) is 4.07. The highest BCUT2D eigenvalue weighted by Gasteiger charge is 2.74. The van der Waals surface area contributed by atoms with E-state index in [1.807, 2.05) is 0 Å². The minimum Gasteiger partial charge on any atom is -0.372 e. The van der Waals surface area contributed by atoms with E-state index in [4.69, 9.17) is 9.73 Å². The van der Waals surface area contributed by atoms with Gasteiger partial charge in [-0.05, 0) is 37.4 Å². The highest BCUT2D eigenvalue weighted by atomic mass is 16.5. The molecule has 4 heterocycles. The molecule has 2 aliphatic carbocycles. The van der Waals surface area contributed by atoms with Crippen LogP contribution in [-0.2, 0) is 10.2 Å². The molecule has 2 saturated carbocycles. The molecule has 23 heavy (non-hydrogen) atoms. The molecule has 5 fully saturated rings. The molecule has 5 bridgehead atoms. The van der Waals surface area contributed by atoms with Crippen LogP contribution in [0.5, 0.6) is 0 Å². The van der Waals surface area contributed by atoms with Gasteiger partial charge in [0.2, 0.25) is 0 Å². The van der Waals surface area contributed by atoms with E-state index in [1.54, 1.807) is 0 Å². The van der Waals surface area contributed by atoms with Crippen LogP contribution in [0, 0.1) is 17.3 Å². The lowest BCUT2D eigenvalue weighted by Crippen LogP contribution is -2.78. The van der Waals surface area contributed by atoms with Gasteiger partial charge in [0.05, 0.1) is 29.5 Å². The second kappa shape index (κ2) is 3.79. The number of nitrogens with zero attached hydrogens (tertiary/aromatic N) is 2. The lowest BCUT2D eigenvalue weighted by molar-refractivity contribution is -0.190. The van der Waals surface area contributed by atoms with Crippen molar-refractivity contribution in [2.75, 3.05) is 20.2 Å². The number of rotatable bonds is 1. The second-order valence-electron chi connectivity index (χ2n) is 8.18. The Morgan fingerprint density at radius 2 is 2.26 bits per heavy atom. The molecule has 3 nitrogen and oxygen atoms in total. The number of para-hydroxylation sites is 1. The van der Waals surface area contributed by atoms with Crippen LogP contribution in [-0.4, -0.2) is 43.0 Å². The van der Waals surface area contributed by atoms with E-state index < -0.39 is 0 Å². The third-order valence-corrected chi connectivity index (χ3v) is 7.73. The van der Waals surface area contributed by atoms with Gasteiger partial charge >= 0.3 is 0 Å². The van der Waals surface area contributed by atoms with Crippen molar-refractivity contribution in [1.82, 2.24) is 4.90 Å². The number of piperidine rings is 2. The Balaban J connectivity index is 1.72. The Labute approximate surface area is 137 Å². The number of aliphatic imine (C=N–C) groups is 1. The summed E-state index contributed by atoms with van der Waals surface area (Å²) in [7, 11) is 2.29. The zero-order chi connectivity index (χ0) is 15.4. The van der Waals surface area contributed by atoms with Gasteiger partial charge in [-0.15, -0.1) is 6.58 Å². The van der Waals surface area contributed by atoms with Gasteiger partial charge in [-0.3, -0.25) is 4.99 Å². The van der Waals surface area contributed by atoms with Crippen LogP contribution in [0.3, 0.4) is 0 Å². The van der Waals surface area contributed by atoms with Gasteiger partial charge in [0.25, 0.3) is 0 Å². The summed E-state index contributed by atoms with van der Waals surface area (Å²) in [6, 6.07) is 9.39. The summed E-state index contributed by atoms with van der Waals surface area (Å²) in [4.78, 5) is 7.70. The van der Waals surface area contributed by atoms with Crippen LogP contribution in [0.25, 0.3) is 0 Å². The molecule has 3 saturated heterocycles. The van der Waals surface area contributed by atoms with E-state index >= 15 is 0 Å². The first-order valence-corrected chi connectivity index (χ1v) is 8.85. The quantitative estimate of drug-likeness (QED) is 0.745. The molecule has 1 spiro atoms. The van der Waals surface area contributed by atoms with Crippen molar-refractivity contribution < 1.29 is 4.74 Å². The van der Waals surface area contributed by atoms with Gasteiger partial charge in [-0.2, -0.15) is 0 Å². The van der Waals surface area contributed by atoms with Crippen LogP contribution in [0.2, 0.25) is 0 Å². The SMILES string of the molecule is C=C[C@@]12CN(C)[C@@H]3C[C@]14C(=Nc1ccccc14)[C@H]1C[C@@H]2[C@@H]3CO1. The van der Waals surface area contributed by atoms with E-state index in [9.17, 15) is 0 Å². The fourth-order valence-electron chi connectivity index (χ4n) is 6.95. The Kier molecular flexibility index (Phi) is 2.12. The highest BCUT2D eigenvalue weighted by molar-refractivity contribution is 6.07. The van der Waals surface area contributed by atoms with Gasteiger partial charge in [0, 0.05) is 23.9 Å². The lowest BCUT2D eigenvalue weighted by atomic mass is 9.38. The van der Waals surface area contributed by atoms with Crippen LogP contribution in [0.15, 0.2) is 41.9 Å². The standard InChI is InChI=1S/C20H22N2O/c1-3-19-11-22(2)16-9-20(19)13-6-4-5-7-15(13)21-18(20)17-8-14(19)12(16)10-23-17/h3-7,12,14,16-17H,1,8-11H2,2H3/t12-,14+,16+,17+,19-,20-/m0/s1. The van der Waals surface area contributed by atoms with E-state index in [0.717, 1.165) is 19.6 Å². The third kappa shape index (κ3) is 1.15. The molecule has 6 aliphatic rings. The Morgan fingerprint density at radius 3 is 3.13 bits per heavy atom. The molecule has 0 aromatic heterocycles. The Bertz CT molecular complexity index is 771. The molecule has 1 aromatic carbocycles. The maximum absolute atomic E-state index is 6.32. The average Bonchev–Trinajstić information content (AvgIpc) is 2.90. The first kappa shape index (κ1) is 12.9. The predicted octanol–water partition coefficient (Wildman–Crippen LogP) is 2.94. The van der Waals surface area contributed by atoms with Crippen LogP contribution < -0.4 is 0 Å². The molecule has 118 valence electrons. The van der Waals surface area contributed by atoms with Crippen molar-refractivity contribution in [3.63, 3.8) is 0 Å². The molecule has 0 N–H and O–H groups in total. The van der Waals surface area contributed by atoms with Gasteiger partial charge in [0.15, 0.2) is 0 Å². The minimum absolute atomic E-state index is 0.0347. The highest BCUT2D eigenvalue weighted by Crippen LogP contribution is 2.70. The van der Waals surface area contributed by atoms with Crippen molar-refractivity contribution in [1.29, 1.82) is 0 Å². The molecular formula is C20H22N2O. The van der Waals surface area contributed by atoms with E-state index in [2.05, 4.69) is 48.9 Å². The molecule has 7 rings (SSSR count). The van der Waals surface area contributed by atoms with E-state index in [1.165, 1.54) is 23.4 Å². The van der Waals surface area contributed by atoms with Crippen molar-refractivity contribution in [2.45, 2.75) is 30.4 Å². The lowest BCUT2D eigenvalue weighted by Gasteiger charge is -2.72. The zero-order valence-electron chi connectivity index (χ0n) is 13.5. The number of benzene rings is 1. The minimum atomic E-state index is 0.0347. The predicted molar refractivity (Wildman–Crippen MR) is 90.2 cm³/mol. The van der Waals surface area contributed by atoms with Crippen molar-refractivity contribution in [2.24, 2.45) is 22.2 Å². The topological polar surface area (TPSA) is 24.8 Å². The van der Waals surface area contributed by atoms with Gasteiger partial charge < -0.3 is 9.64 Å². The molecule has 0 amide bonds. The second-order valence-corrected chi connectivity index (χ2v) is 8.18. The van der Waals surface area contributed by atoms with Crippen LogP contribution in [0.4, 0.5) is 5.69 Å². The maximum atomic E-state index is 6.32. The number of fused-ring (bicyclic) bond motifs is 4. The summed E-state index contributed by atoms with van der Waals surface area (Å²) in [6.07, 6.45) is 4.85. The molecule has 1 aromatic rings. The summed E-state index contributed by atoms with van der Waals surface area (Å²) >= 11 is 0. The monoisotopic (exact) mass is 306 g/mol. The molecule has 3 heteroatoms. The van der Waals surface area contributed by atoms with Crippen molar-refractivity contribution in [3.8, 4) is 0 Å². The molecule has 6 atom stereocenters. The van der Waals surface area contributed by atoms with Gasteiger partial charge in [-0.1, -0.05) is 24.3 Å². The third-order valence-electron chi connectivity index (χ3n) is 7.73. The normalized spacial score (nSPS) is 48.8. The molecule has 0 unspecified atom stereocenters. The molecule has 4 aliphatic heterocycles. The Morgan fingerprint density at radius 1 is 1.39 bits per heavy atom. The number of hydrogen-bond acceptors (Lipinski definition) is 3. The zero-order valence-corrected chi connectivity index (χ0v) is 13.5. The molecular weight excluding hydrogens is 284 g/mol. The molecule has 0 radical (unpaired) electrons. The van der Waals surface area contributed by atoms with Crippen molar-refractivity contribution in [3.05, 3.63) is 42.5 Å². The summed E-state index contributed by atoms with van der Waals surface area (Å²) in [6.45, 7) is 6.37. The maximum Gasteiger partial charge on any atom is 0.0968 e.